The van der Waals surface area contributed by atoms with E-state index in [1.807, 2.05) is 0 Å². The van der Waals surface area contributed by atoms with Crippen molar-refractivity contribution in [1.82, 2.24) is 20.5 Å². The number of rotatable bonds is 6. The van der Waals surface area contributed by atoms with Gasteiger partial charge in [0, 0.05) is 20.2 Å². The first-order valence-corrected chi connectivity index (χ1v) is 6.47. The van der Waals surface area contributed by atoms with Gasteiger partial charge >= 0.3 is 0 Å². The van der Waals surface area contributed by atoms with Crippen LogP contribution in [0.2, 0.25) is 0 Å². The molecule has 2 heterocycles. The summed E-state index contributed by atoms with van der Waals surface area (Å²) in [7, 11) is 1.69. The Morgan fingerprint density at radius 2 is 2.42 bits per heavy atom. The lowest BCUT2D eigenvalue weighted by molar-refractivity contribution is -0.124. The van der Waals surface area contributed by atoms with Gasteiger partial charge in [-0.25, -0.2) is 4.63 Å². The second kappa shape index (κ2) is 6.63. The zero-order chi connectivity index (χ0) is 13.7. The van der Waals surface area contributed by atoms with E-state index in [1.54, 1.807) is 14.0 Å². The molecule has 0 saturated carbocycles. The molecule has 1 aromatic heterocycles. The van der Waals surface area contributed by atoms with Crippen LogP contribution >= 0.6 is 0 Å². The van der Waals surface area contributed by atoms with Crippen molar-refractivity contribution in [1.29, 1.82) is 0 Å². The monoisotopic (exact) mass is 268 g/mol. The van der Waals surface area contributed by atoms with Gasteiger partial charge in [-0.1, -0.05) is 10.3 Å². The second-order valence-corrected chi connectivity index (χ2v) is 4.79. The number of hydrogen-bond donors (Lipinski definition) is 1. The van der Waals surface area contributed by atoms with E-state index in [2.05, 4.69) is 25.2 Å². The third-order valence-corrected chi connectivity index (χ3v) is 3.43. The number of methoxy groups -OCH3 is 1. The number of carbonyl (C=O) groups is 1. The number of likely N-dealkylation sites (tertiary alicyclic amines) is 1. The quantitative estimate of drug-likeness (QED) is 0.780. The van der Waals surface area contributed by atoms with Crippen molar-refractivity contribution in [2.75, 3.05) is 33.4 Å². The highest BCUT2D eigenvalue weighted by atomic mass is 16.6. The topological polar surface area (TPSA) is 80.5 Å². The molecule has 7 nitrogen and oxygen atoms in total. The van der Waals surface area contributed by atoms with E-state index in [9.17, 15) is 4.79 Å². The maximum Gasteiger partial charge on any atom is 0.224 e. The highest BCUT2D eigenvalue weighted by molar-refractivity contribution is 5.79. The predicted molar refractivity (Wildman–Crippen MR) is 67.3 cm³/mol. The standard InChI is InChI=1S/C12H20N4O3/c1-9-11(15-19-14-9)7-13-12(17)10-3-4-16(8-10)5-6-18-2/h10H,3-8H2,1-2H3,(H,13,17)/t10-/m1/s1. The zero-order valence-corrected chi connectivity index (χ0v) is 11.4. The molecule has 0 unspecified atom stereocenters. The number of ether oxygens (including phenoxy) is 1. The number of carbonyl (C=O) groups excluding carboxylic acids is 1. The molecule has 1 aliphatic heterocycles. The minimum absolute atomic E-state index is 0.0528. The fourth-order valence-corrected chi connectivity index (χ4v) is 2.20. The molecule has 1 aliphatic rings. The molecule has 1 fully saturated rings. The molecule has 2 rings (SSSR count). The molecule has 19 heavy (non-hydrogen) atoms. The van der Waals surface area contributed by atoms with Crippen molar-refractivity contribution >= 4 is 5.91 Å². The third-order valence-electron chi connectivity index (χ3n) is 3.43. The minimum atomic E-state index is 0.0528. The summed E-state index contributed by atoms with van der Waals surface area (Å²) in [6, 6.07) is 0. The van der Waals surface area contributed by atoms with Crippen LogP contribution in [0.3, 0.4) is 0 Å². The summed E-state index contributed by atoms with van der Waals surface area (Å²) < 4.78 is 9.63. The number of nitrogens with one attached hydrogen (secondary N) is 1. The molecule has 1 aromatic rings. The third kappa shape index (κ3) is 3.74. The average molecular weight is 268 g/mol. The van der Waals surface area contributed by atoms with Crippen LogP contribution < -0.4 is 5.32 Å². The summed E-state index contributed by atoms with van der Waals surface area (Å²) in [5.74, 6) is 0.124. The Kier molecular flexibility index (Phi) is 4.86. The molecule has 1 atom stereocenters. The molecule has 0 bridgehead atoms. The predicted octanol–water partition coefficient (Wildman–Crippen LogP) is -0.0375. The summed E-state index contributed by atoms with van der Waals surface area (Å²) in [5.41, 5.74) is 1.40. The number of nitrogens with zero attached hydrogens (tertiary/aromatic N) is 3. The van der Waals surface area contributed by atoms with Gasteiger partial charge in [0.05, 0.1) is 19.1 Å². The number of amides is 1. The summed E-state index contributed by atoms with van der Waals surface area (Å²) in [6.07, 6.45) is 0.894. The van der Waals surface area contributed by atoms with Gasteiger partial charge in [0.2, 0.25) is 5.91 Å². The van der Waals surface area contributed by atoms with E-state index in [1.165, 1.54) is 0 Å². The van der Waals surface area contributed by atoms with Crippen LogP contribution in [0.15, 0.2) is 4.63 Å². The molecule has 0 spiro atoms. The van der Waals surface area contributed by atoms with Crippen LogP contribution in [0.5, 0.6) is 0 Å². The van der Waals surface area contributed by atoms with Crippen LogP contribution in [-0.2, 0) is 16.1 Å². The van der Waals surface area contributed by atoms with Crippen molar-refractivity contribution in [2.45, 2.75) is 19.9 Å². The van der Waals surface area contributed by atoms with E-state index >= 15 is 0 Å². The Bertz CT molecular complexity index is 421. The Morgan fingerprint density at radius 3 is 3.11 bits per heavy atom. The van der Waals surface area contributed by atoms with Gasteiger partial charge in [-0.3, -0.25) is 4.79 Å². The molecular weight excluding hydrogens is 248 g/mol. The summed E-state index contributed by atoms with van der Waals surface area (Å²) in [4.78, 5) is 14.3. The Labute approximate surface area is 112 Å². The largest absolute Gasteiger partial charge is 0.383 e. The Balaban J connectivity index is 1.74. The molecule has 106 valence electrons. The first kappa shape index (κ1) is 14.0. The normalized spacial score (nSPS) is 19.8. The van der Waals surface area contributed by atoms with Crippen LogP contribution in [0, 0.1) is 12.8 Å². The van der Waals surface area contributed by atoms with Gasteiger partial charge in [0.15, 0.2) is 0 Å². The fraction of sp³-hybridized carbons (Fsp3) is 0.750. The molecule has 0 radical (unpaired) electrons. The molecule has 1 N–H and O–H groups in total. The zero-order valence-electron chi connectivity index (χ0n) is 11.4. The number of aromatic nitrogens is 2. The van der Waals surface area contributed by atoms with E-state index in [4.69, 9.17) is 4.74 Å². The molecule has 0 aromatic carbocycles. The Morgan fingerprint density at radius 1 is 1.58 bits per heavy atom. The molecule has 1 saturated heterocycles. The van der Waals surface area contributed by atoms with Gasteiger partial charge in [-0.2, -0.15) is 0 Å². The SMILES string of the molecule is COCCN1CC[C@@H](C(=O)NCc2nonc2C)C1. The minimum Gasteiger partial charge on any atom is -0.383 e. The maximum absolute atomic E-state index is 12.0. The van der Waals surface area contributed by atoms with Gasteiger partial charge in [0.1, 0.15) is 11.4 Å². The molecular formula is C12H20N4O3. The van der Waals surface area contributed by atoms with E-state index in [-0.39, 0.29) is 11.8 Å². The second-order valence-electron chi connectivity index (χ2n) is 4.79. The highest BCUT2D eigenvalue weighted by Crippen LogP contribution is 2.16. The van der Waals surface area contributed by atoms with Crippen molar-refractivity contribution in [3.05, 3.63) is 11.4 Å². The lowest BCUT2D eigenvalue weighted by atomic mass is 10.1. The average Bonchev–Trinajstić information content (AvgIpc) is 3.03. The molecule has 1 amide bonds. The number of hydrogen-bond acceptors (Lipinski definition) is 6. The first-order valence-electron chi connectivity index (χ1n) is 6.47. The van der Waals surface area contributed by atoms with Gasteiger partial charge < -0.3 is 15.0 Å². The Hall–Kier alpha value is -1.47. The lowest BCUT2D eigenvalue weighted by Crippen LogP contribution is -2.33. The number of aryl methyl sites for hydroxylation is 1. The van der Waals surface area contributed by atoms with Gasteiger partial charge in [-0.05, 0) is 19.9 Å². The smallest absolute Gasteiger partial charge is 0.224 e. The van der Waals surface area contributed by atoms with Gasteiger partial charge in [0.25, 0.3) is 0 Å². The van der Waals surface area contributed by atoms with Crippen molar-refractivity contribution in [3.63, 3.8) is 0 Å². The fourth-order valence-electron chi connectivity index (χ4n) is 2.20. The van der Waals surface area contributed by atoms with Crippen LogP contribution in [0.25, 0.3) is 0 Å². The van der Waals surface area contributed by atoms with E-state index in [0.29, 0.717) is 24.5 Å². The van der Waals surface area contributed by atoms with Crippen molar-refractivity contribution in [2.24, 2.45) is 5.92 Å². The van der Waals surface area contributed by atoms with Crippen LogP contribution in [0.4, 0.5) is 0 Å². The van der Waals surface area contributed by atoms with Crippen LogP contribution in [0.1, 0.15) is 17.8 Å². The van der Waals surface area contributed by atoms with Crippen molar-refractivity contribution < 1.29 is 14.2 Å². The van der Waals surface area contributed by atoms with Gasteiger partial charge in [-0.15, -0.1) is 0 Å². The van der Waals surface area contributed by atoms with E-state index < -0.39 is 0 Å². The summed E-state index contributed by atoms with van der Waals surface area (Å²) >= 11 is 0. The summed E-state index contributed by atoms with van der Waals surface area (Å²) in [6.45, 7) is 5.52. The summed E-state index contributed by atoms with van der Waals surface area (Å²) in [5, 5.41) is 10.3. The lowest BCUT2D eigenvalue weighted by Gasteiger charge is -2.14. The maximum atomic E-state index is 12.0. The first-order chi connectivity index (χ1) is 9.20. The molecule has 0 aliphatic carbocycles. The van der Waals surface area contributed by atoms with Crippen LogP contribution in [-0.4, -0.2) is 54.5 Å². The van der Waals surface area contributed by atoms with Crippen molar-refractivity contribution in [3.8, 4) is 0 Å². The van der Waals surface area contributed by atoms with E-state index in [0.717, 1.165) is 26.1 Å². The molecule has 7 heteroatoms. The highest BCUT2D eigenvalue weighted by Gasteiger charge is 2.27.